The second kappa shape index (κ2) is 53.5. The molecule has 23 heteroatoms. The molecule has 0 atom stereocenters. The highest BCUT2D eigenvalue weighted by atomic mass is 16.6. The predicted molar refractivity (Wildman–Crippen MR) is 232 cm³/mol. The molecule has 0 bridgehead atoms. The lowest BCUT2D eigenvalue weighted by atomic mass is 10.2. The van der Waals surface area contributed by atoms with Crippen molar-refractivity contribution in [3.05, 3.63) is 10.4 Å². The van der Waals surface area contributed by atoms with Crippen LogP contribution in [0, 0.1) is 0 Å². The van der Waals surface area contributed by atoms with Crippen molar-refractivity contribution in [3.8, 4) is 0 Å². The van der Waals surface area contributed by atoms with Gasteiger partial charge in [0.2, 0.25) is 0 Å². The Balaban J connectivity index is 3.10. The number of hydrogen-bond donors (Lipinski definition) is 1. The summed E-state index contributed by atoms with van der Waals surface area (Å²) < 4.78 is 97.9. The topological polar surface area (TPSA) is 244 Å². The third-order valence-corrected chi connectivity index (χ3v) is 7.27. The normalized spacial score (nSPS) is 11.6. The lowest BCUT2D eigenvalue weighted by Gasteiger charge is -2.19. The van der Waals surface area contributed by atoms with Crippen molar-refractivity contribution >= 4 is 6.09 Å². The molecule has 380 valence electrons. The van der Waals surface area contributed by atoms with Crippen LogP contribution in [0.2, 0.25) is 0 Å². The molecular formula is C41H82N4O19. The molecule has 1 N–H and O–H groups in total. The maximum absolute atomic E-state index is 11.5. The quantitative estimate of drug-likeness (QED) is 0.0397. The molecule has 0 aliphatic rings. The summed E-state index contributed by atoms with van der Waals surface area (Å²) in [4.78, 5) is 14.2. The molecule has 0 heterocycles. The number of carbonyl (C=O) groups excluding carboxylic acids is 1. The second-order valence-corrected chi connectivity index (χ2v) is 13.8. The Hall–Kier alpha value is -2.10. The Bertz CT molecular complexity index is 986. The molecule has 1 amide bonds. The van der Waals surface area contributed by atoms with Gasteiger partial charge in [0.15, 0.2) is 0 Å². The van der Waals surface area contributed by atoms with Crippen LogP contribution >= 0.6 is 0 Å². The summed E-state index contributed by atoms with van der Waals surface area (Å²) in [6.07, 6.45) is -0.457. The zero-order chi connectivity index (χ0) is 46.4. The van der Waals surface area contributed by atoms with E-state index >= 15 is 0 Å². The fourth-order valence-corrected chi connectivity index (χ4v) is 4.31. The van der Waals surface area contributed by atoms with Crippen LogP contribution in [0.3, 0.4) is 0 Å². The van der Waals surface area contributed by atoms with Gasteiger partial charge in [-0.25, -0.2) is 4.79 Å². The van der Waals surface area contributed by atoms with E-state index in [0.29, 0.717) is 238 Å². The standard InChI is InChI=1S/C41H82N4O19/c1-41(2,3)64-40(46)43-4-6-47-8-10-49-12-14-51-16-18-53-20-22-55-24-26-57-28-30-59-32-34-61-36-38-63-39-37-62-35-33-60-31-29-58-27-25-56-23-21-54-19-17-52-15-13-50-11-9-48-7-5-44-45-42/h4-39H2,1-3H3,(H,43,46). The van der Waals surface area contributed by atoms with E-state index < -0.39 is 11.7 Å². The molecule has 0 fully saturated rings. The van der Waals surface area contributed by atoms with Gasteiger partial charge in [0.05, 0.1) is 225 Å². The van der Waals surface area contributed by atoms with Gasteiger partial charge in [0.1, 0.15) is 5.60 Å². The van der Waals surface area contributed by atoms with Crippen LogP contribution < -0.4 is 5.32 Å². The number of rotatable bonds is 54. The first-order chi connectivity index (χ1) is 31.5. The lowest BCUT2D eigenvalue weighted by Crippen LogP contribution is -2.34. The number of amides is 1. The van der Waals surface area contributed by atoms with Crippen molar-refractivity contribution in [2.45, 2.75) is 26.4 Å². The minimum absolute atomic E-state index is 0.321. The molecule has 64 heavy (non-hydrogen) atoms. The Morgan fingerprint density at radius 3 is 0.734 bits per heavy atom. The smallest absolute Gasteiger partial charge is 0.407 e. The maximum atomic E-state index is 11.5. The van der Waals surface area contributed by atoms with E-state index in [-0.39, 0.29) is 0 Å². The van der Waals surface area contributed by atoms with Crippen LogP contribution in [-0.4, -0.2) is 249 Å². The molecule has 0 unspecified atom stereocenters. The molecule has 0 saturated heterocycles. The number of azide groups is 1. The van der Waals surface area contributed by atoms with Crippen molar-refractivity contribution < 1.29 is 90.1 Å². The molecule has 0 spiro atoms. The largest absolute Gasteiger partial charge is 0.444 e. The summed E-state index contributed by atoms with van der Waals surface area (Å²) in [5.74, 6) is 0. The lowest BCUT2D eigenvalue weighted by molar-refractivity contribution is -0.0307. The van der Waals surface area contributed by atoms with Crippen molar-refractivity contribution in [2.24, 2.45) is 5.11 Å². The number of hydrogen-bond acceptors (Lipinski definition) is 20. The summed E-state index contributed by atoms with van der Waals surface area (Å²) in [6, 6.07) is 0. The van der Waals surface area contributed by atoms with Crippen LogP contribution in [0.4, 0.5) is 4.79 Å². The summed E-state index contributed by atoms with van der Waals surface area (Å²) in [5.41, 5.74) is 7.64. The second-order valence-electron chi connectivity index (χ2n) is 13.8. The number of nitrogens with zero attached hydrogens (tertiary/aromatic N) is 3. The monoisotopic (exact) mass is 935 g/mol. The Labute approximate surface area is 380 Å². The van der Waals surface area contributed by atoms with E-state index in [0.717, 1.165) is 0 Å². The van der Waals surface area contributed by atoms with Crippen LogP contribution in [0.5, 0.6) is 0 Å². The molecule has 0 saturated carbocycles. The summed E-state index contributed by atoms with van der Waals surface area (Å²) in [7, 11) is 0. The van der Waals surface area contributed by atoms with Gasteiger partial charge in [0, 0.05) is 18.0 Å². The maximum Gasteiger partial charge on any atom is 0.407 e. The van der Waals surface area contributed by atoms with Gasteiger partial charge in [0.25, 0.3) is 0 Å². The van der Waals surface area contributed by atoms with E-state index in [1.54, 1.807) is 0 Å². The third kappa shape index (κ3) is 57.9. The average molecular weight is 935 g/mol. The van der Waals surface area contributed by atoms with Gasteiger partial charge >= 0.3 is 6.09 Å². The summed E-state index contributed by atoms with van der Waals surface area (Å²) in [6.45, 7) is 22.2. The van der Waals surface area contributed by atoms with E-state index in [4.69, 9.17) is 90.8 Å². The van der Waals surface area contributed by atoms with Gasteiger partial charge in [-0.15, -0.1) is 0 Å². The molecular weight excluding hydrogens is 852 g/mol. The minimum Gasteiger partial charge on any atom is -0.444 e. The highest BCUT2D eigenvalue weighted by molar-refractivity contribution is 5.67. The van der Waals surface area contributed by atoms with Gasteiger partial charge < -0.3 is 90.6 Å². The first-order valence-corrected chi connectivity index (χ1v) is 22.2. The van der Waals surface area contributed by atoms with Crippen molar-refractivity contribution in [3.63, 3.8) is 0 Å². The average Bonchev–Trinajstić information content (AvgIpc) is 3.27. The van der Waals surface area contributed by atoms with E-state index in [2.05, 4.69) is 15.3 Å². The third-order valence-electron chi connectivity index (χ3n) is 7.27. The highest BCUT2D eigenvalue weighted by Gasteiger charge is 2.15. The van der Waals surface area contributed by atoms with Crippen LogP contribution in [0.1, 0.15) is 20.8 Å². The van der Waals surface area contributed by atoms with E-state index in [9.17, 15) is 4.79 Å². The molecule has 0 aromatic carbocycles. The molecule has 0 aliphatic carbocycles. The fraction of sp³-hybridized carbons (Fsp3) is 0.976. The molecule has 0 radical (unpaired) electrons. The number of alkyl carbamates (subject to hydrolysis) is 1. The predicted octanol–water partition coefficient (Wildman–Crippen LogP) is 2.10. The molecule has 0 rings (SSSR count). The Morgan fingerprint density at radius 2 is 0.547 bits per heavy atom. The van der Waals surface area contributed by atoms with Crippen LogP contribution in [0.25, 0.3) is 10.4 Å². The van der Waals surface area contributed by atoms with Crippen molar-refractivity contribution in [2.75, 3.05) is 238 Å². The molecule has 0 aliphatic heterocycles. The zero-order valence-electron chi connectivity index (χ0n) is 39.1. The molecule has 23 nitrogen and oxygen atoms in total. The van der Waals surface area contributed by atoms with Gasteiger partial charge in [-0.05, 0) is 26.3 Å². The Morgan fingerprint density at radius 1 is 0.359 bits per heavy atom. The summed E-state index contributed by atoms with van der Waals surface area (Å²) in [5, 5.41) is 6.01. The SMILES string of the molecule is CC(C)(C)OC(=O)NCCOCCOCCOCCOCCOCCOCCOCCOCCOCCOCCOCCOCCOCCOCCOCCOCCOCCN=[N+]=[N-]. The van der Waals surface area contributed by atoms with Crippen molar-refractivity contribution in [1.29, 1.82) is 0 Å². The van der Waals surface area contributed by atoms with E-state index in [1.807, 2.05) is 20.8 Å². The van der Waals surface area contributed by atoms with Crippen LogP contribution in [-0.2, 0) is 85.3 Å². The van der Waals surface area contributed by atoms with Gasteiger partial charge in [-0.1, -0.05) is 5.11 Å². The number of nitrogens with one attached hydrogen (secondary N) is 1. The molecule has 0 aromatic heterocycles. The first kappa shape index (κ1) is 61.9. The zero-order valence-corrected chi connectivity index (χ0v) is 39.1. The minimum atomic E-state index is -0.519. The Kier molecular flexibility index (Phi) is 51.8. The van der Waals surface area contributed by atoms with E-state index in [1.165, 1.54) is 0 Å². The van der Waals surface area contributed by atoms with Crippen molar-refractivity contribution in [1.82, 2.24) is 5.32 Å². The van der Waals surface area contributed by atoms with Crippen LogP contribution in [0.15, 0.2) is 5.11 Å². The molecule has 0 aromatic rings. The fourth-order valence-electron chi connectivity index (χ4n) is 4.31. The van der Waals surface area contributed by atoms with Gasteiger partial charge in [-0.2, -0.15) is 0 Å². The number of carbonyl (C=O) groups is 1. The first-order valence-electron chi connectivity index (χ1n) is 22.2. The highest BCUT2D eigenvalue weighted by Crippen LogP contribution is 2.06. The van der Waals surface area contributed by atoms with Gasteiger partial charge in [-0.3, -0.25) is 0 Å². The number of ether oxygens (including phenoxy) is 18. The summed E-state index contributed by atoms with van der Waals surface area (Å²) >= 11 is 0.